The van der Waals surface area contributed by atoms with Crippen molar-refractivity contribution in [3.05, 3.63) is 29.3 Å². The van der Waals surface area contributed by atoms with Gasteiger partial charge in [0.25, 0.3) is 10.2 Å². The zero-order valence-electron chi connectivity index (χ0n) is 9.10. The van der Waals surface area contributed by atoms with Crippen molar-refractivity contribution < 1.29 is 8.42 Å². The maximum atomic E-state index is 11.6. The average Bonchev–Trinajstić information content (AvgIpc) is 2.29. The van der Waals surface area contributed by atoms with E-state index >= 15 is 0 Å². The van der Waals surface area contributed by atoms with E-state index in [-0.39, 0.29) is 0 Å². The SMILES string of the molecule is CNS(=O)(=O)N1CCc2cccc(N)c2C1. The van der Waals surface area contributed by atoms with Crippen LogP contribution in [-0.4, -0.2) is 26.3 Å². The van der Waals surface area contributed by atoms with Crippen molar-refractivity contribution in [2.24, 2.45) is 0 Å². The summed E-state index contributed by atoms with van der Waals surface area (Å²) in [7, 11) is -1.94. The standard InChI is InChI=1S/C10H15N3O2S/c1-12-16(14,15)13-6-5-8-3-2-4-10(11)9(8)7-13/h2-4,12H,5-7,11H2,1H3. The zero-order valence-corrected chi connectivity index (χ0v) is 9.92. The van der Waals surface area contributed by atoms with E-state index < -0.39 is 10.2 Å². The van der Waals surface area contributed by atoms with Gasteiger partial charge in [-0.1, -0.05) is 12.1 Å². The quantitative estimate of drug-likeness (QED) is 0.721. The molecule has 0 saturated heterocycles. The number of nitrogens with two attached hydrogens (primary N) is 1. The molecule has 1 aromatic carbocycles. The molecule has 0 spiro atoms. The predicted octanol–water partition coefficient (Wildman–Crippen LogP) is 0.0911. The van der Waals surface area contributed by atoms with Crippen LogP contribution in [-0.2, 0) is 23.2 Å². The molecule has 0 aromatic heterocycles. The molecular formula is C10H15N3O2S. The molecule has 88 valence electrons. The van der Waals surface area contributed by atoms with Crippen LogP contribution in [0.15, 0.2) is 18.2 Å². The fraction of sp³-hybridized carbons (Fsp3) is 0.400. The minimum atomic E-state index is -3.35. The number of anilines is 1. The molecule has 6 heteroatoms. The van der Waals surface area contributed by atoms with Crippen LogP contribution in [0.3, 0.4) is 0 Å². The number of rotatable bonds is 2. The lowest BCUT2D eigenvalue weighted by Gasteiger charge is -2.28. The molecular weight excluding hydrogens is 226 g/mol. The smallest absolute Gasteiger partial charge is 0.279 e. The Bertz CT molecular complexity index is 499. The van der Waals surface area contributed by atoms with E-state index in [9.17, 15) is 8.42 Å². The van der Waals surface area contributed by atoms with Crippen LogP contribution in [0.1, 0.15) is 11.1 Å². The number of nitrogens with one attached hydrogen (secondary N) is 1. The molecule has 0 radical (unpaired) electrons. The lowest BCUT2D eigenvalue weighted by atomic mass is 10.00. The highest BCUT2D eigenvalue weighted by Crippen LogP contribution is 2.25. The second kappa shape index (κ2) is 4.04. The van der Waals surface area contributed by atoms with Gasteiger partial charge < -0.3 is 5.73 Å². The Morgan fingerprint density at radius 3 is 2.88 bits per heavy atom. The molecule has 1 aliphatic heterocycles. The summed E-state index contributed by atoms with van der Waals surface area (Å²) >= 11 is 0. The van der Waals surface area contributed by atoms with E-state index in [1.54, 1.807) is 6.07 Å². The van der Waals surface area contributed by atoms with Gasteiger partial charge in [-0.3, -0.25) is 0 Å². The van der Waals surface area contributed by atoms with Crippen molar-refractivity contribution >= 4 is 15.9 Å². The van der Waals surface area contributed by atoms with Gasteiger partial charge in [-0.25, -0.2) is 4.72 Å². The molecule has 0 saturated carbocycles. The maximum Gasteiger partial charge on any atom is 0.279 e. The first-order valence-corrected chi connectivity index (χ1v) is 6.53. The minimum absolute atomic E-state index is 0.352. The first kappa shape index (κ1) is 11.4. The molecule has 0 fully saturated rings. The summed E-state index contributed by atoms with van der Waals surface area (Å²) in [6, 6.07) is 5.69. The van der Waals surface area contributed by atoms with Crippen molar-refractivity contribution in [3.8, 4) is 0 Å². The van der Waals surface area contributed by atoms with E-state index in [0.717, 1.165) is 11.1 Å². The van der Waals surface area contributed by atoms with Gasteiger partial charge in [-0.15, -0.1) is 0 Å². The number of hydrogen-bond donors (Lipinski definition) is 2. The molecule has 5 nitrogen and oxygen atoms in total. The molecule has 2 rings (SSSR count). The summed E-state index contributed by atoms with van der Waals surface area (Å²) in [6.07, 6.45) is 0.710. The van der Waals surface area contributed by atoms with Crippen LogP contribution in [0.2, 0.25) is 0 Å². The van der Waals surface area contributed by atoms with E-state index in [4.69, 9.17) is 5.73 Å². The Balaban J connectivity index is 2.34. The Labute approximate surface area is 95.4 Å². The second-order valence-corrected chi connectivity index (χ2v) is 5.65. The third-order valence-electron chi connectivity index (χ3n) is 2.87. The number of fused-ring (bicyclic) bond motifs is 1. The lowest BCUT2D eigenvalue weighted by Crippen LogP contribution is -2.42. The fourth-order valence-electron chi connectivity index (χ4n) is 1.92. The summed E-state index contributed by atoms with van der Waals surface area (Å²) < 4.78 is 27.0. The Kier molecular flexibility index (Phi) is 2.88. The Morgan fingerprint density at radius 2 is 2.19 bits per heavy atom. The number of benzene rings is 1. The molecule has 0 aliphatic carbocycles. The molecule has 0 bridgehead atoms. The summed E-state index contributed by atoms with van der Waals surface area (Å²) in [6.45, 7) is 0.852. The largest absolute Gasteiger partial charge is 0.398 e. The Hall–Kier alpha value is -1.11. The van der Waals surface area contributed by atoms with Crippen molar-refractivity contribution in [1.29, 1.82) is 0 Å². The third-order valence-corrected chi connectivity index (χ3v) is 4.38. The van der Waals surface area contributed by atoms with Gasteiger partial charge in [0.15, 0.2) is 0 Å². The molecule has 0 atom stereocenters. The first-order chi connectivity index (χ1) is 7.54. The predicted molar refractivity (Wildman–Crippen MR) is 62.9 cm³/mol. The fourth-order valence-corrected chi connectivity index (χ4v) is 2.81. The van der Waals surface area contributed by atoms with Gasteiger partial charge in [0.1, 0.15) is 0 Å². The highest BCUT2D eigenvalue weighted by Gasteiger charge is 2.26. The Morgan fingerprint density at radius 1 is 1.44 bits per heavy atom. The molecule has 1 heterocycles. The molecule has 1 aliphatic rings. The summed E-state index contributed by atoms with van der Waals surface area (Å²) in [5.41, 5.74) is 8.57. The molecule has 16 heavy (non-hydrogen) atoms. The summed E-state index contributed by atoms with van der Waals surface area (Å²) in [5, 5.41) is 0. The summed E-state index contributed by atoms with van der Waals surface area (Å²) in [5.74, 6) is 0. The number of nitrogen functional groups attached to an aromatic ring is 1. The second-order valence-electron chi connectivity index (χ2n) is 3.78. The molecule has 0 amide bonds. The van der Waals surface area contributed by atoms with E-state index in [1.807, 2.05) is 12.1 Å². The first-order valence-electron chi connectivity index (χ1n) is 5.09. The topological polar surface area (TPSA) is 75.4 Å². The molecule has 0 unspecified atom stereocenters. The van der Waals surface area contributed by atoms with Gasteiger partial charge in [-0.05, 0) is 23.6 Å². The van der Waals surface area contributed by atoms with Crippen molar-refractivity contribution in [2.45, 2.75) is 13.0 Å². The molecule has 3 N–H and O–H groups in total. The van der Waals surface area contributed by atoms with Crippen LogP contribution >= 0.6 is 0 Å². The normalized spacial score (nSPS) is 17.1. The monoisotopic (exact) mass is 241 g/mol. The van der Waals surface area contributed by atoms with E-state index in [1.165, 1.54) is 11.4 Å². The van der Waals surface area contributed by atoms with Crippen LogP contribution in [0.4, 0.5) is 5.69 Å². The number of nitrogens with zero attached hydrogens (tertiary/aromatic N) is 1. The van der Waals surface area contributed by atoms with Crippen LogP contribution < -0.4 is 10.5 Å². The van der Waals surface area contributed by atoms with E-state index in [0.29, 0.717) is 25.2 Å². The van der Waals surface area contributed by atoms with Crippen molar-refractivity contribution in [3.63, 3.8) is 0 Å². The minimum Gasteiger partial charge on any atom is -0.398 e. The lowest BCUT2D eigenvalue weighted by molar-refractivity contribution is 0.387. The van der Waals surface area contributed by atoms with Gasteiger partial charge in [0, 0.05) is 25.8 Å². The van der Waals surface area contributed by atoms with Crippen LogP contribution in [0, 0.1) is 0 Å². The van der Waals surface area contributed by atoms with Gasteiger partial charge in [0.2, 0.25) is 0 Å². The van der Waals surface area contributed by atoms with Crippen LogP contribution in [0.25, 0.3) is 0 Å². The third kappa shape index (κ3) is 1.91. The van der Waals surface area contributed by atoms with Gasteiger partial charge >= 0.3 is 0 Å². The number of hydrogen-bond acceptors (Lipinski definition) is 3. The van der Waals surface area contributed by atoms with Gasteiger partial charge in [-0.2, -0.15) is 12.7 Å². The van der Waals surface area contributed by atoms with Gasteiger partial charge in [0.05, 0.1) is 0 Å². The van der Waals surface area contributed by atoms with Crippen molar-refractivity contribution in [1.82, 2.24) is 9.03 Å². The maximum absolute atomic E-state index is 11.6. The average molecular weight is 241 g/mol. The summed E-state index contributed by atoms with van der Waals surface area (Å²) in [4.78, 5) is 0. The molecule has 1 aromatic rings. The van der Waals surface area contributed by atoms with Crippen molar-refractivity contribution in [2.75, 3.05) is 19.3 Å². The van der Waals surface area contributed by atoms with Crippen LogP contribution in [0.5, 0.6) is 0 Å². The van der Waals surface area contributed by atoms with E-state index in [2.05, 4.69) is 4.72 Å². The highest BCUT2D eigenvalue weighted by atomic mass is 32.2. The zero-order chi connectivity index (χ0) is 11.8. The highest BCUT2D eigenvalue weighted by molar-refractivity contribution is 7.87.